The van der Waals surface area contributed by atoms with Crippen LogP contribution in [0.15, 0.2) is 12.2 Å². The molecule has 7 nitrogen and oxygen atoms in total. The molecule has 142 valence electrons. The number of ether oxygens (including phenoxy) is 2. The zero-order valence-corrected chi connectivity index (χ0v) is 13.2. The van der Waals surface area contributed by atoms with Crippen LogP contribution in [0.2, 0.25) is 0 Å². The summed E-state index contributed by atoms with van der Waals surface area (Å²) in [5.41, 5.74) is -4.09. The van der Waals surface area contributed by atoms with Crippen LogP contribution >= 0.6 is 0 Å². The van der Waals surface area contributed by atoms with Gasteiger partial charge < -0.3 is 14.6 Å². The van der Waals surface area contributed by atoms with Crippen LogP contribution in [0, 0.1) is 0 Å². The molecule has 0 fully saturated rings. The Morgan fingerprint density at radius 2 is 1.71 bits per heavy atom. The predicted molar refractivity (Wildman–Crippen MR) is 68.7 cm³/mol. The van der Waals surface area contributed by atoms with E-state index in [0.717, 1.165) is 6.92 Å². The van der Waals surface area contributed by atoms with Crippen LogP contribution in [-0.4, -0.2) is 60.4 Å². The third kappa shape index (κ3) is 5.65. The molecule has 2 atom stereocenters. The Balaban J connectivity index is 4.64. The molecule has 0 aromatic rings. The van der Waals surface area contributed by atoms with E-state index >= 15 is 0 Å². The highest BCUT2D eigenvalue weighted by molar-refractivity contribution is 7.86. The highest BCUT2D eigenvalue weighted by Gasteiger charge is 2.55. The van der Waals surface area contributed by atoms with Crippen LogP contribution in [0.3, 0.4) is 0 Å². The van der Waals surface area contributed by atoms with Crippen molar-refractivity contribution < 1.29 is 54.3 Å². The molecule has 0 aliphatic heterocycles. The van der Waals surface area contributed by atoms with E-state index in [4.69, 9.17) is 4.55 Å². The van der Waals surface area contributed by atoms with E-state index in [2.05, 4.69) is 16.1 Å². The van der Waals surface area contributed by atoms with Gasteiger partial charge in [0, 0.05) is 0 Å². The van der Waals surface area contributed by atoms with Gasteiger partial charge in [-0.1, -0.05) is 6.58 Å². The summed E-state index contributed by atoms with van der Waals surface area (Å²) in [6, 6.07) is 0. The number of alkyl halides is 5. The number of carbonyl (C=O) groups is 1. The zero-order chi connectivity index (χ0) is 19.6. The summed E-state index contributed by atoms with van der Waals surface area (Å²) >= 11 is 0. The lowest BCUT2D eigenvalue weighted by atomic mass is 10.00. The number of hydrogen-bond acceptors (Lipinski definition) is 6. The molecule has 0 saturated heterocycles. The monoisotopic (exact) mass is 386 g/mol. The second-order valence-electron chi connectivity index (χ2n) is 4.90. The van der Waals surface area contributed by atoms with Gasteiger partial charge in [0.05, 0.1) is 12.2 Å². The number of hydrogen-bond donors (Lipinski definition) is 2. The molecule has 0 saturated carbocycles. The summed E-state index contributed by atoms with van der Waals surface area (Å²) in [7, 11) is -5.74. The molecule has 0 radical (unpaired) electrons. The fraction of sp³-hybridized carbons (Fsp3) is 0.727. The van der Waals surface area contributed by atoms with E-state index in [-0.39, 0.29) is 0 Å². The number of carbonyl (C=O) groups excluding carboxylic acids is 1. The van der Waals surface area contributed by atoms with E-state index in [1.54, 1.807) is 0 Å². The van der Waals surface area contributed by atoms with Crippen molar-refractivity contribution in [3.8, 4) is 0 Å². The van der Waals surface area contributed by atoms with Crippen LogP contribution in [-0.2, 0) is 24.4 Å². The van der Waals surface area contributed by atoms with Crippen LogP contribution in [0.5, 0.6) is 0 Å². The topological polar surface area (TPSA) is 110 Å². The average molecular weight is 386 g/mol. The summed E-state index contributed by atoms with van der Waals surface area (Å²) in [5.74, 6) is -1.48. The molecule has 0 aromatic carbocycles. The normalized spacial score (nSPS) is 17.0. The van der Waals surface area contributed by atoms with Gasteiger partial charge in [0.25, 0.3) is 0 Å². The molecule has 0 heterocycles. The van der Waals surface area contributed by atoms with E-state index in [0.29, 0.717) is 6.92 Å². The van der Waals surface area contributed by atoms with Crippen LogP contribution in [0.1, 0.15) is 13.8 Å². The number of rotatable bonds is 8. The Bertz CT molecular complexity index is 582. The molecule has 0 aliphatic carbocycles. The average Bonchev–Trinajstić information content (AvgIpc) is 2.35. The lowest BCUT2D eigenvalue weighted by Gasteiger charge is -2.31. The van der Waals surface area contributed by atoms with Crippen LogP contribution in [0.25, 0.3) is 0 Å². The Morgan fingerprint density at radius 3 is 2.08 bits per heavy atom. The van der Waals surface area contributed by atoms with Gasteiger partial charge in [0.2, 0.25) is 0 Å². The molecule has 0 spiro atoms. The minimum absolute atomic E-state index is 0.358. The molecular formula is C11H15F5O7S. The van der Waals surface area contributed by atoms with Crippen molar-refractivity contribution in [3.63, 3.8) is 0 Å². The molecule has 0 amide bonds. The van der Waals surface area contributed by atoms with Crippen LogP contribution in [0.4, 0.5) is 22.0 Å². The fourth-order valence-electron chi connectivity index (χ4n) is 1.02. The Kier molecular flexibility index (Phi) is 6.89. The maximum absolute atomic E-state index is 12.8. The lowest BCUT2D eigenvalue weighted by molar-refractivity contribution is -0.282. The predicted octanol–water partition coefficient (Wildman–Crippen LogP) is 1.28. The molecule has 24 heavy (non-hydrogen) atoms. The largest absolute Gasteiger partial charge is 0.456 e. The fourth-order valence-corrected chi connectivity index (χ4v) is 1.25. The first-order chi connectivity index (χ1) is 10.4. The molecule has 0 aliphatic rings. The minimum Gasteiger partial charge on any atom is -0.456 e. The third-order valence-electron chi connectivity index (χ3n) is 2.86. The standard InChI is InChI=1S/C11H15F5O7S/c1-6(4-22-5-10(12,13)24(19,20)21)8(17)23-7(2)9(3,18)11(14,15)16/h7,18H,1,4-5H2,2-3H3,(H,19,20,21). The lowest BCUT2D eigenvalue weighted by Crippen LogP contribution is -2.52. The SMILES string of the molecule is C=C(COCC(F)(F)S(=O)(=O)O)C(=O)OC(C)C(C)(O)C(F)(F)F. The summed E-state index contributed by atoms with van der Waals surface area (Å²) in [6.07, 6.45) is -7.16. The van der Waals surface area contributed by atoms with Crippen molar-refractivity contribution in [1.29, 1.82) is 0 Å². The number of esters is 1. The van der Waals surface area contributed by atoms with Crippen molar-refractivity contribution >= 4 is 16.1 Å². The summed E-state index contributed by atoms with van der Waals surface area (Å²) in [5, 5.41) is 4.62. The third-order valence-corrected chi connectivity index (χ3v) is 3.73. The van der Waals surface area contributed by atoms with E-state index < -0.39 is 58.0 Å². The van der Waals surface area contributed by atoms with Crippen molar-refractivity contribution in [3.05, 3.63) is 12.2 Å². The molecular weight excluding hydrogens is 371 g/mol. The highest BCUT2D eigenvalue weighted by atomic mass is 32.2. The number of halogens is 5. The Hall–Kier alpha value is -1.31. The van der Waals surface area contributed by atoms with Gasteiger partial charge in [-0.25, -0.2) is 4.79 Å². The van der Waals surface area contributed by atoms with E-state index in [9.17, 15) is 40.3 Å². The Morgan fingerprint density at radius 1 is 1.25 bits per heavy atom. The van der Waals surface area contributed by atoms with Gasteiger partial charge in [-0.15, -0.1) is 0 Å². The zero-order valence-electron chi connectivity index (χ0n) is 12.4. The first-order valence-electron chi connectivity index (χ1n) is 6.04. The van der Waals surface area contributed by atoms with Gasteiger partial charge in [-0.2, -0.15) is 30.4 Å². The quantitative estimate of drug-likeness (QED) is 0.280. The number of aliphatic hydroxyl groups is 1. The molecule has 0 bridgehead atoms. The summed E-state index contributed by atoms with van der Waals surface area (Å²) in [6.45, 7) is 1.28. The van der Waals surface area contributed by atoms with Crippen molar-refractivity contribution in [2.45, 2.75) is 37.0 Å². The van der Waals surface area contributed by atoms with Gasteiger partial charge >= 0.3 is 27.5 Å². The molecule has 0 aromatic heterocycles. The van der Waals surface area contributed by atoms with Crippen molar-refractivity contribution in [1.82, 2.24) is 0 Å². The first-order valence-corrected chi connectivity index (χ1v) is 7.48. The maximum Gasteiger partial charge on any atom is 0.420 e. The molecule has 0 rings (SSSR count). The van der Waals surface area contributed by atoms with Crippen molar-refractivity contribution in [2.75, 3.05) is 13.2 Å². The molecule has 2 N–H and O–H groups in total. The first kappa shape index (κ1) is 22.7. The molecule has 2 unspecified atom stereocenters. The van der Waals surface area contributed by atoms with Crippen molar-refractivity contribution in [2.24, 2.45) is 0 Å². The maximum atomic E-state index is 12.8. The van der Waals surface area contributed by atoms with E-state index in [1.165, 1.54) is 0 Å². The smallest absolute Gasteiger partial charge is 0.420 e. The summed E-state index contributed by atoms with van der Waals surface area (Å²) < 4.78 is 100. The van der Waals surface area contributed by atoms with Crippen LogP contribution < -0.4 is 0 Å². The second kappa shape index (κ2) is 7.29. The van der Waals surface area contributed by atoms with Gasteiger partial charge in [0.1, 0.15) is 12.7 Å². The summed E-state index contributed by atoms with van der Waals surface area (Å²) in [4.78, 5) is 11.4. The van der Waals surface area contributed by atoms with Gasteiger partial charge in [-0.05, 0) is 13.8 Å². The highest BCUT2D eigenvalue weighted by Crippen LogP contribution is 2.34. The molecule has 13 heteroatoms. The second-order valence-corrected chi connectivity index (χ2v) is 6.45. The van der Waals surface area contributed by atoms with Gasteiger partial charge in [0.15, 0.2) is 5.60 Å². The minimum atomic E-state index is -5.74. The van der Waals surface area contributed by atoms with Gasteiger partial charge in [-0.3, -0.25) is 4.55 Å². The van der Waals surface area contributed by atoms with E-state index in [1.807, 2.05) is 0 Å². The Labute approximate surface area is 133 Å².